The lowest BCUT2D eigenvalue weighted by Gasteiger charge is -2.13. The molecule has 0 aliphatic carbocycles. The van der Waals surface area contributed by atoms with Crippen LogP contribution in [0.5, 0.6) is 0 Å². The molecule has 0 aromatic heterocycles. The van der Waals surface area contributed by atoms with Crippen LogP contribution in [-0.4, -0.2) is 0 Å². The van der Waals surface area contributed by atoms with Gasteiger partial charge < -0.3 is 0 Å². The third kappa shape index (κ3) is 2.12. The Balaban J connectivity index is 1.98. The first-order chi connectivity index (χ1) is 13.8. The van der Waals surface area contributed by atoms with Crippen molar-refractivity contribution in [1.82, 2.24) is 0 Å². The van der Waals surface area contributed by atoms with Gasteiger partial charge in [0.2, 0.25) is 0 Å². The molecule has 6 aromatic rings. The highest BCUT2D eigenvalue weighted by Crippen LogP contribution is 2.39. The normalized spacial score (nSPS) is 11.9. The van der Waals surface area contributed by atoms with Crippen LogP contribution in [0.15, 0.2) is 91.0 Å². The quantitative estimate of drug-likeness (QED) is 0.262. The van der Waals surface area contributed by atoms with Crippen LogP contribution in [0.25, 0.3) is 53.9 Å². The van der Waals surface area contributed by atoms with E-state index in [9.17, 15) is 0 Å². The minimum absolute atomic E-state index is 1.06. The van der Waals surface area contributed by atoms with Crippen molar-refractivity contribution in [3.05, 3.63) is 96.6 Å². The second-order valence-electron chi connectivity index (χ2n) is 7.69. The summed E-state index contributed by atoms with van der Waals surface area (Å²) in [5, 5.41) is 13.4. The maximum atomic E-state index is 2.39. The van der Waals surface area contributed by atoms with Crippen molar-refractivity contribution in [2.24, 2.45) is 0 Å². The minimum atomic E-state index is 1.06. The molecule has 0 saturated carbocycles. The van der Waals surface area contributed by atoms with Crippen LogP contribution in [-0.2, 0) is 6.42 Å². The van der Waals surface area contributed by atoms with E-state index >= 15 is 0 Å². The maximum absolute atomic E-state index is 2.39. The van der Waals surface area contributed by atoms with Gasteiger partial charge in [-0.2, -0.15) is 0 Å². The van der Waals surface area contributed by atoms with E-state index in [1.165, 1.54) is 59.4 Å². The molecule has 0 saturated heterocycles. The Bertz CT molecular complexity index is 1520. The van der Waals surface area contributed by atoms with Gasteiger partial charge in [0.25, 0.3) is 0 Å². The Labute approximate surface area is 164 Å². The van der Waals surface area contributed by atoms with Gasteiger partial charge in [-0.25, -0.2) is 0 Å². The highest BCUT2D eigenvalue weighted by Gasteiger charge is 2.11. The number of rotatable bonds is 1. The number of hydrogen-bond donors (Lipinski definition) is 0. The topological polar surface area (TPSA) is 0 Å². The first-order valence-electron chi connectivity index (χ1n) is 10.0. The zero-order valence-electron chi connectivity index (χ0n) is 15.9. The van der Waals surface area contributed by atoms with E-state index in [2.05, 4.69) is 97.9 Å². The molecule has 0 amide bonds. The molecule has 0 spiro atoms. The highest BCUT2D eigenvalue weighted by atomic mass is 14.1. The molecule has 0 heteroatoms. The van der Waals surface area contributed by atoms with Crippen molar-refractivity contribution in [2.75, 3.05) is 0 Å². The fourth-order valence-electron chi connectivity index (χ4n) is 4.72. The molecule has 0 unspecified atom stereocenters. The van der Waals surface area contributed by atoms with Crippen molar-refractivity contribution in [2.45, 2.75) is 13.3 Å². The Morgan fingerprint density at radius 3 is 1.64 bits per heavy atom. The van der Waals surface area contributed by atoms with Crippen LogP contribution in [0.3, 0.4) is 0 Å². The minimum Gasteiger partial charge on any atom is -0.0616 e. The van der Waals surface area contributed by atoms with E-state index in [0.29, 0.717) is 0 Å². The number of benzene rings is 6. The molecule has 0 heterocycles. The summed E-state index contributed by atoms with van der Waals surface area (Å²) in [6, 6.07) is 33.8. The van der Waals surface area contributed by atoms with Crippen LogP contribution < -0.4 is 0 Å². The molecule has 0 N–H and O–H groups in total. The molecule has 0 nitrogen and oxygen atoms in total. The first kappa shape index (κ1) is 15.7. The van der Waals surface area contributed by atoms with E-state index in [-0.39, 0.29) is 0 Å². The number of hydrogen-bond acceptors (Lipinski definition) is 0. The van der Waals surface area contributed by atoms with E-state index < -0.39 is 0 Å². The van der Waals surface area contributed by atoms with Gasteiger partial charge in [-0.15, -0.1) is 0 Å². The number of fused-ring (bicyclic) bond motifs is 9. The summed E-state index contributed by atoms with van der Waals surface area (Å²) in [5.74, 6) is 0. The summed E-state index contributed by atoms with van der Waals surface area (Å²) in [6.45, 7) is 2.23. The zero-order valence-corrected chi connectivity index (χ0v) is 15.9. The summed E-state index contributed by atoms with van der Waals surface area (Å²) in [7, 11) is 0. The van der Waals surface area contributed by atoms with E-state index in [1.54, 1.807) is 0 Å². The molecular weight excluding hydrogens is 336 g/mol. The van der Waals surface area contributed by atoms with E-state index in [0.717, 1.165) is 6.42 Å². The van der Waals surface area contributed by atoms with E-state index in [4.69, 9.17) is 0 Å². The Morgan fingerprint density at radius 2 is 0.964 bits per heavy atom. The van der Waals surface area contributed by atoms with Crippen LogP contribution in [0.4, 0.5) is 0 Å². The maximum Gasteiger partial charge on any atom is -0.00143 e. The van der Waals surface area contributed by atoms with Gasteiger partial charge in [-0.1, -0.05) is 97.9 Å². The van der Waals surface area contributed by atoms with Crippen LogP contribution >= 0.6 is 0 Å². The van der Waals surface area contributed by atoms with Gasteiger partial charge in [0, 0.05) is 0 Å². The molecule has 28 heavy (non-hydrogen) atoms. The predicted octanol–water partition coefficient (Wildman–Crippen LogP) is 8.02. The molecule has 6 aromatic carbocycles. The average molecular weight is 356 g/mol. The summed E-state index contributed by atoms with van der Waals surface area (Å²) < 4.78 is 0. The van der Waals surface area contributed by atoms with Gasteiger partial charge in [0.05, 0.1) is 0 Å². The first-order valence-corrected chi connectivity index (χ1v) is 10.0. The zero-order chi connectivity index (χ0) is 18.7. The monoisotopic (exact) mass is 356 g/mol. The lowest BCUT2D eigenvalue weighted by atomic mass is 9.90. The van der Waals surface area contributed by atoms with Crippen LogP contribution in [0.2, 0.25) is 0 Å². The van der Waals surface area contributed by atoms with Crippen LogP contribution in [0, 0.1) is 0 Å². The highest BCUT2D eigenvalue weighted by molar-refractivity contribution is 6.32. The van der Waals surface area contributed by atoms with Crippen molar-refractivity contribution < 1.29 is 0 Å². The second-order valence-corrected chi connectivity index (χ2v) is 7.69. The molecule has 0 bridgehead atoms. The average Bonchev–Trinajstić information content (AvgIpc) is 2.77. The molecule has 6 rings (SSSR count). The van der Waals surface area contributed by atoms with Crippen molar-refractivity contribution in [1.29, 1.82) is 0 Å². The Morgan fingerprint density at radius 1 is 0.464 bits per heavy atom. The van der Waals surface area contributed by atoms with Crippen LogP contribution in [0.1, 0.15) is 12.5 Å². The van der Waals surface area contributed by atoms with Gasteiger partial charge in [-0.05, 0) is 65.8 Å². The predicted molar refractivity (Wildman–Crippen MR) is 123 cm³/mol. The lowest BCUT2D eigenvalue weighted by molar-refractivity contribution is 1.15. The smallest absolute Gasteiger partial charge is 0.00143 e. The van der Waals surface area contributed by atoms with Crippen molar-refractivity contribution in [3.8, 4) is 0 Å². The standard InChI is InChI=1S/C28H20/c1-2-18-7-8-20-10-12-22-14-16-23-15-13-21-11-9-19-5-3-4-6-24(19)26(21)28(23)27(22)25(20)17-18/h3-17H,2H2,1H3. The van der Waals surface area contributed by atoms with Gasteiger partial charge in [0.1, 0.15) is 0 Å². The second kappa shape index (κ2) is 5.81. The molecular formula is C28H20. The molecule has 0 radical (unpaired) electrons. The molecule has 0 fully saturated rings. The Hall–Kier alpha value is -3.38. The molecule has 0 aliphatic heterocycles. The van der Waals surface area contributed by atoms with Crippen molar-refractivity contribution >= 4 is 53.9 Å². The fraction of sp³-hybridized carbons (Fsp3) is 0.0714. The van der Waals surface area contributed by atoms with E-state index in [1.807, 2.05) is 0 Å². The summed E-state index contributed by atoms with van der Waals surface area (Å²) in [5.41, 5.74) is 1.39. The summed E-state index contributed by atoms with van der Waals surface area (Å²) in [6.07, 6.45) is 1.06. The summed E-state index contributed by atoms with van der Waals surface area (Å²) >= 11 is 0. The third-order valence-electron chi connectivity index (χ3n) is 6.16. The third-order valence-corrected chi connectivity index (χ3v) is 6.16. The van der Waals surface area contributed by atoms with Gasteiger partial charge >= 0.3 is 0 Å². The fourth-order valence-corrected chi connectivity index (χ4v) is 4.72. The van der Waals surface area contributed by atoms with Gasteiger partial charge in [0.15, 0.2) is 0 Å². The lowest BCUT2D eigenvalue weighted by Crippen LogP contribution is -1.87. The largest absolute Gasteiger partial charge is 0.0616 e. The SMILES string of the molecule is CCc1ccc2ccc3ccc4ccc5ccc6ccccc6c5c4c3c2c1. The Kier molecular flexibility index (Phi) is 3.25. The molecule has 132 valence electrons. The molecule has 0 aliphatic rings. The molecule has 0 atom stereocenters. The van der Waals surface area contributed by atoms with Crippen molar-refractivity contribution in [3.63, 3.8) is 0 Å². The number of aryl methyl sites for hydroxylation is 1. The van der Waals surface area contributed by atoms with Gasteiger partial charge in [-0.3, -0.25) is 0 Å². The summed E-state index contributed by atoms with van der Waals surface area (Å²) in [4.78, 5) is 0.